The molecule has 0 aromatic carbocycles. The summed E-state index contributed by atoms with van der Waals surface area (Å²) in [5.74, 6) is 1.74. The van der Waals surface area contributed by atoms with Crippen molar-refractivity contribution in [3.05, 3.63) is 48.3 Å². The van der Waals surface area contributed by atoms with Gasteiger partial charge in [-0.2, -0.15) is 0 Å². The summed E-state index contributed by atoms with van der Waals surface area (Å²) >= 11 is 0. The highest BCUT2D eigenvalue weighted by Crippen LogP contribution is 2.20. The first kappa shape index (κ1) is 15.9. The Balaban J connectivity index is 1.67. The molecule has 1 saturated heterocycles. The number of likely N-dealkylation sites (tertiary alicyclic amines) is 1. The largest absolute Gasteiger partial charge is 0.467 e. The Morgan fingerprint density at radius 2 is 1.83 bits per heavy atom. The average Bonchev–Trinajstić information content (AvgIpc) is 3.22. The maximum absolute atomic E-state index is 12.8. The first-order chi connectivity index (χ1) is 11.2. The van der Waals surface area contributed by atoms with Crippen molar-refractivity contribution in [3.63, 3.8) is 0 Å². The lowest BCUT2D eigenvalue weighted by molar-refractivity contribution is -0.134. The number of furan rings is 2. The third-order valence-electron chi connectivity index (χ3n) is 4.54. The van der Waals surface area contributed by atoms with E-state index < -0.39 is 0 Å². The third-order valence-corrected chi connectivity index (χ3v) is 4.54. The highest BCUT2D eigenvalue weighted by atomic mass is 16.3. The Bertz CT molecular complexity index is 556. The van der Waals surface area contributed by atoms with Gasteiger partial charge in [0.2, 0.25) is 5.91 Å². The number of hydrogen-bond acceptors (Lipinski definition) is 4. The lowest BCUT2D eigenvalue weighted by atomic mass is 9.99. The molecule has 5 heteroatoms. The van der Waals surface area contributed by atoms with Gasteiger partial charge in [0.05, 0.1) is 25.6 Å². The van der Waals surface area contributed by atoms with Crippen molar-refractivity contribution < 1.29 is 13.6 Å². The van der Waals surface area contributed by atoms with E-state index in [0.29, 0.717) is 25.6 Å². The molecule has 1 amide bonds. The zero-order valence-corrected chi connectivity index (χ0v) is 13.6. The zero-order valence-electron chi connectivity index (χ0n) is 13.6. The van der Waals surface area contributed by atoms with Gasteiger partial charge in [0, 0.05) is 12.5 Å². The van der Waals surface area contributed by atoms with E-state index in [4.69, 9.17) is 8.83 Å². The van der Waals surface area contributed by atoms with E-state index >= 15 is 0 Å². The van der Waals surface area contributed by atoms with Gasteiger partial charge in [-0.25, -0.2) is 0 Å². The van der Waals surface area contributed by atoms with Crippen molar-refractivity contribution in [3.8, 4) is 0 Å². The van der Waals surface area contributed by atoms with E-state index in [9.17, 15) is 4.79 Å². The van der Waals surface area contributed by atoms with Gasteiger partial charge < -0.3 is 18.6 Å². The summed E-state index contributed by atoms with van der Waals surface area (Å²) in [4.78, 5) is 16.9. The van der Waals surface area contributed by atoms with Gasteiger partial charge in [0.1, 0.15) is 11.5 Å². The summed E-state index contributed by atoms with van der Waals surface area (Å²) < 4.78 is 10.8. The second-order valence-electron chi connectivity index (χ2n) is 6.24. The van der Waals surface area contributed by atoms with Gasteiger partial charge >= 0.3 is 0 Å². The van der Waals surface area contributed by atoms with E-state index in [1.165, 1.54) is 12.8 Å². The summed E-state index contributed by atoms with van der Waals surface area (Å²) in [7, 11) is 2.11. The van der Waals surface area contributed by atoms with Crippen molar-refractivity contribution in [2.45, 2.75) is 44.8 Å². The summed E-state index contributed by atoms with van der Waals surface area (Å²) in [5, 5.41) is 0. The van der Waals surface area contributed by atoms with E-state index in [1.54, 1.807) is 12.5 Å². The van der Waals surface area contributed by atoms with E-state index in [0.717, 1.165) is 24.5 Å². The predicted octanol–water partition coefficient (Wildman–Crippen LogP) is 3.28. The van der Waals surface area contributed by atoms with Gasteiger partial charge in [-0.15, -0.1) is 0 Å². The fourth-order valence-corrected chi connectivity index (χ4v) is 3.15. The van der Waals surface area contributed by atoms with Crippen molar-refractivity contribution in [2.75, 3.05) is 13.6 Å². The van der Waals surface area contributed by atoms with Crippen molar-refractivity contribution in [2.24, 2.45) is 0 Å². The lowest BCUT2D eigenvalue weighted by Crippen LogP contribution is -2.41. The second kappa shape index (κ2) is 7.51. The van der Waals surface area contributed by atoms with Gasteiger partial charge in [-0.3, -0.25) is 4.79 Å². The number of nitrogens with zero attached hydrogens (tertiary/aromatic N) is 2. The fraction of sp³-hybridized carbons (Fsp3) is 0.500. The molecule has 0 unspecified atom stereocenters. The Morgan fingerprint density at radius 1 is 1.17 bits per heavy atom. The van der Waals surface area contributed by atoms with Crippen LogP contribution in [0.25, 0.3) is 0 Å². The molecule has 3 heterocycles. The molecule has 3 rings (SSSR count). The number of rotatable bonds is 6. The Kier molecular flexibility index (Phi) is 5.18. The minimum absolute atomic E-state index is 0.150. The molecule has 1 aliphatic heterocycles. The summed E-state index contributed by atoms with van der Waals surface area (Å²) in [6.07, 6.45) is 7.36. The fourth-order valence-electron chi connectivity index (χ4n) is 3.15. The lowest BCUT2D eigenvalue weighted by Gasteiger charge is -2.33. The predicted molar refractivity (Wildman–Crippen MR) is 86.6 cm³/mol. The summed E-state index contributed by atoms with van der Waals surface area (Å²) in [6, 6.07) is 7.83. The maximum atomic E-state index is 12.8. The molecule has 0 spiro atoms. The van der Waals surface area contributed by atoms with E-state index in [-0.39, 0.29) is 5.91 Å². The normalized spacial score (nSPS) is 18.9. The molecule has 0 saturated carbocycles. The Hall–Kier alpha value is -2.01. The van der Waals surface area contributed by atoms with Crippen LogP contribution in [0.15, 0.2) is 45.6 Å². The van der Waals surface area contributed by atoms with Crippen molar-refractivity contribution >= 4 is 5.91 Å². The molecule has 0 N–H and O–H groups in total. The molecule has 1 aliphatic rings. The maximum Gasteiger partial charge on any atom is 0.224 e. The van der Waals surface area contributed by atoms with Crippen LogP contribution in [-0.4, -0.2) is 35.3 Å². The SMILES string of the molecule is CN1CCCC[C@H]1CC(=O)N(Cc1ccco1)Cc1ccco1. The molecule has 2 aromatic heterocycles. The molecule has 1 atom stereocenters. The molecular formula is C18H24N2O3. The van der Waals surface area contributed by atoms with Crippen LogP contribution >= 0.6 is 0 Å². The van der Waals surface area contributed by atoms with Crippen LogP contribution in [0.1, 0.15) is 37.2 Å². The van der Waals surface area contributed by atoms with Crippen LogP contribution in [0.3, 0.4) is 0 Å². The van der Waals surface area contributed by atoms with Crippen LogP contribution < -0.4 is 0 Å². The molecule has 0 bridgehead atoms. The second-order valence-corrected chi connectivity index (χ2v) is 6.24. The average molecular weight is 316 g/mol. The molecule has 0 radical (unpaired) electrons. The van der Waals surface area contributed by atoms with Crippen LogP contribution in [0.5, 0.6) is 0 Å². The molecule has 0 aliphatic carbocycles. The Morgan fingerprint density at radius 3 is 2.35 bits per heavy atom. The molecule has 2 aromatic rings. The minimum Gasteiger partial charge on any atom is -0.467 e. The summed E-state index contributed by atoms with van der Waals surface area (Å²) in [5.41, 5.74) is 0. The van der Waals surface area contributed by atoms with Gasteiger partial charge in [-0.05, 0) is 50.7 Å². The number of carbonyl (C=O) groups excluding carboxylic acids is 1. The number of carbonyl (C=O) groups is 1. The van der Waals surface area contributed by atoms with Crippen molar-refractivity contribution in [1.29, 1.82) is 0 Å². The molecule has 5 nitrogen and oxygen atoms in total. The van der Waals surface area contributed by atoms with Gasteiger partial charge in [0.25, 0.3) is 0 Å². The van der Waals surface area contributed by atoms with Crippen LogP contribution in [-0.2, 0) is 17.9 Å². The highest BCUT2D eigenvalue weighted by molar-refractivity contribution is 5.76. The molecule has 23 heavy (non-hydrogen) atoms. The summed E-state index contributed by atoms with van der Waals surface area (Å²) in [6.45, 7) is 2.03. The van der Waals surface area contributed by atoms with Crippen molar-refractivity contribution in [1.82, 2.24) is 9.80 Å². The smallest absolute Gasteiger partial charge is 0.224 e. The first-order valence-electron chi connectivity index (χ1n) is 8.25. The van der Waals surface area contributed by atoms with E-state index in [2.05, 4.69) is 11.9 Å². The monoisotopic (exact) mass is 316 g/mol. The zero-order chi connectivity index (χ0) is 16.1. The van der Waals surface area contributed by atoms with Crippen LogP contribution in [0.4, 0.5) is 0 Å². The topological polar surface area (TPSA) is 49.8 Å². The number of amides is 1. The first-order valence-corrected chi connectivity index (χ1v) is 8.25. The third kappa shape index (κ3) is 4.26. The minimum atomic E-state index is 0.150. The molecular weight excluding hydrogens is 292 g/mol. The van der Waals surface area contributed by atoms with Gasteiger partial charge in [0.15, 0.2) is 0 Å². The van der Waals surface area contributed by atoms with E-state index in [1.807, 2.05) is 29.2 Å². The highest BCUT2D eigenvalue weighted by Gasteiger charge is 2.25. The van der Waals surface area contributed by atoms with Crippen LogP contribution in [0, 0.1) is 0 Å². The quantitative estimate of drug-likeness (QED) is 0.820. The van der Waals surface area contributed by atoms with Gasteiger partial charge in [-0.1, -0.05) is 6.42 Å². The van der Waals surface area contributed by atoms with Crippen LogP contribution in [0.2, 0.25) is 0 Å². The molecule has 1 fully saturated rings. The number of piperidine rings is 1. The Labute approximate surface area is 136 Å². The number of hydrogen-bond donors (Lipinski definition) is 0. The molecule has 124 valence electrons. The standard InChI is InChI=1S/C18H24N2O3/c1-19-9-3-2-6-15(19)12-18(21)20(13-16-7-4-10-22-16)14-17-8-5-11-23-17/h4-5,7-8,10-11,15H,2-3,6,9,12-14H2,1H3/t15-/m0/s1.